The highest BCUT2D eigenvalue weighted by molar-refractivity contribution is 5.38. The van der Waals surface area contributed by atoms with Crippen molar-refractivity contribution in [2.24, 2.45) is 0 Å². The van der Waals surface area contributed by atoms with Gasteiger partial charge in [0.2, 0.25) is 0 Å². The highest BCUT2D eigenvalue weighted by Crippen LogP contribution is 2.28. The van der Waals surface area contributed by atoms with E-state index >= 15 is 0 Å². The van der Waals surface area contributed by atoms with Gasteiger partial charge in [0.15, 0.2) is 5.65 Å². The summed E-state index contributed by atoms with van der Waals surface area (Å²) in [5.74, 6) is 0. The van der Waals surface area contributed by atoms with Crippen LogP contribution in [0.15, 0.2) is 23.1 Å². The molecule has 0 N–H and O–H groups in total. The zero-order valence-corrected chi connectivity index (χ0v) is 8.32. The van der Waals surface area contributed by atoms with Crippen LogP contribution in [-0.4, -0.2) is 14.2 Å². The Balaban J connectivity index is 2.71. The molecule has 0 aliphatic heterocycles. The third kappa shape index (κ3) is 1.58. The third-order valence-electron chi connectivity index (χ3n) is 2.20. The Morgan fingerprint density at radius 3 is 2.62 bits per heavy atom. The lowest BCUT2D eigenvalue weighted by molar-refractivity contribution is -0.137. The number of rotatable bonds is 1. The molecule has 0 spiro atoms. The molecule has 16 heavy (non-hydrogen) atoms. The Hall–Kier alpha value is -1.79. The Morgan fingerprint density at radius 2 is 2.06 bits per heavy atom. The van der Waals surface area contributed by atoms with E-state index in [-0.39, 0.29) is 5.65 Å². The van der Waals surface area contributed by atoms with E-state index < -0.39 is 17.4 Å². The lowest BCUT2D eigenvalue weighted by Gasteiger charge is -2.05. The van der Waals surface area contributed by atoms with Gasteiger partial charge >= 0.3 is 11.9 Å². The molecule has 0 bridgehead atoms. The summed E-state index contributed by atoms with van der Waals surface area (Å²) in [4.78, 5) is 11.5. The van der Waals surface area contributed by atoms with Crippen LogP contribution >= 0.6 is 0 Å². The second-order valence-corrected chi connectivity index (χ2v) is 3.24. The smallest absolute Gasteiger partial charge is 0.250 e. The molecule has 0 radical (unpaired) electrons. The van der Waals surface area contributed by atoms with E-state index in [0.29, 0.717) is 6.54 Å². The van der Waals surface area contributed by atoms with Crippen LogP contribution in [-0.2, 0) is 12.7 Å². The molecule has 0 amide bonds. The van der Waals surface area contributed by atoms with Crippen molar-refractivity contribution in [2.45, 2.75) is 19.6 Å². The molecule has 0 saturated heterocycles. The zero-order valence-electron chi connectivity index (χ0n) is 8.32. The Bertz CT molecular complexity index is 582. The summed E-state index contributed by atoms with van der Waals surface area (Å²) in [5.41, 5.74) is -1.22. The lowest BCUT2D eigenvalue weighted by atomic mass is 10.3. The summed E-state index contributed by atoms with van der Waals surface area (Å²) in [6.07, 6.45) is -3.70. The molecule has 7 heteroatoms. The summed E-state index contributed by atoms with van der Waals surface area (Å²) in [7, 11) is 0. The predicted molar refractivity (Wildman–Crippen MR) is 50.1 cm³/mol. The van der Waals surface area contributed by atoms with Gasteiger partial charge in [-0.05, 0) is 19.1 Å². The topological polar surface area (TPSA) is 39.3 Å². The number of nitrogens with zero attached hydrogens (tertiary/aromatic N) is 3. The molecule has 2 aromatic heterocycles. The number of aromatic nitrogens is 3. The van der Waals surface area contributed by atoms with E-state index in [0.717, 1.165) is 21.3 Å². The maximum absolute atomic E-state index is 12.4. The first-order valence-electron chi connectivity index (χ1n) is 4.60. The lowest BCUT2D eigenvalue weighted by Crippen LogP contribution is -2.20. The SMILES string of the molecule is CCn1nc2ccc(C(F)(F)F)cn2c1=O. The molecule has 4 nitrogen and oxygen atoms in total. The van der Waals surface area contributed by atoms with E-state index in [1.165, 1.54) is 6.07 Å². The highest BCUT2D eigenvalue weighted by atomic mass is 19.4. The monoisotopic (exact) mass is 231 g/mol. The molecule has 2 rings (SSSR count). The normalized spacial score (nSPS) is 12.2. The summed E-state index contributed by atoms with van der Waals surface area (Å²) >= 11 is 0. The second-order valence-electron chi connectivity index (χ2n) is 3.24. The van der Waals surface area contributed by atoms with E-state index in [4.69, 9.17) is 0 Å². The van der Waals surface area contributed by atoms with Crippen LogP contribution < -0.4 is 5.69 Å². The standard InChI is InChI=1S/C9H8F3N3O/c1-2-15-8(16)14-5-6(9(10,11)12)3-4-7(14)13-15/h3-5H,2H2,1H3. The molecule has 0 aliphatic carbocycles. The molecule has 0 unspecified atom stereocenters. The minimum atomic E-state index is -4.46. The molecule has 86 valence electrons. The molecule has 0 aliphatic rings. The van der Waals surface area contributed by atoms with Gasteiger partial charge in [0.25, 0.3) is 0 Å². The van der Waals surface area contributed by atoms with Gasteiger partial charge < -0.3 is 0 Å². The average Bonchev–Trinajstić information content (AvgIpc) is 2.54. The highest BCUT2D eigenvalue weighted by Gasteiger charge is 2.31. The van der Waals surface area contributed by atoms with Crippen molar-refractivity contribution < 1.29 is 13.2 Å². The van der Waals surface area contributed by atoms with Crippen molar-refractivity contribution in [1.29, 1.82) is 0 Å². The summed E-state index contributed by atoms with van der Waals surface area (Å²) < 4.78 is 39.2. The number of halogens is 3. The third-order valence-corrected chi connectivity index (χ3v) is 2.20. The first kappa shape index (κ1) is 10.7. The van der Waals surface area contributed by atoms with E-state index in [1.54, 1.807) is 6.92 Å². The number of hydrogen-bond acceptors (Lipinski definition) is 2. The van der Waals surface area contributed by atoms with Gasteiger partial charge in [-0.2, -0.15) is 13.2 Å². The Labute approximate surface area is 87.9 Å². The summed E-state index contributed by atoms with van der Waals surface area (Å²) in [5, 5.41) is 3.85. The molecule has 0 aromatic carbocycles. The fourth-order valence-corrected chi connectivity index (χ4v) is 1.39. The van der Waals surface area contributed by atoms with Crippen LogP contribution in [0.1, 0.15) is 12.5 Å². The molecular weight excluding hydrogens is 223 g/mol. The minimum absolute atomic E-state index is 0.208. The van der Waals surface area contributed by atoms with Crippen LogP contribution in [0.2, 0.25) is 0 Å². The van der Waals surface area contributed by atoms with Gasteiger partial charge in [-0.1, -0.05) is 0 Å². The predicted octanol–water partition coefficient (Wildman–Crippen LogP) is 1.53. The largest absolute Gasteiger partial charge is 0.417 e. The van der Waals surface area contributed by atoms with Crippen LogP contribution in [0.25, 0.3) is 5.65 Å². The Morgan fingerprint density at radius 1 is 1.38 bits per heavy atom. The van der Waals surface area contributed by atoms with Crippen molar-refractivity contribution in [3.8, 4) is 0 Å². The molecule has 0 saturated carbocycles. The Kier molecular flexibility index (Phi) is 2.25. The van der Waals surface area contributed by atoms with Crippen molar-refractivity contribution >= 4 is 5.65 Å². The number of fused-ring (bicyclic) bond motifs is 1. The van der Waals surface area contributed by atoms with Gasteiger partial charge in [-0.25, -0.2) is 13.9 Å². The zero-order chi connectivity index (χ0) is 11.9. The minimum Gasteiger partial charge on any atom is -0.250 e. The van der Waals surface area contributed by atoms with E-state index in [9.17, 15) is 18.0 Å². The van der Waals surface area contributed by atoms with Crippen LogP contribution in [0, 0.1) is 0 Å². The number of aryl methyl sites for hydroxylation is 1. The quantitative estimate of drug-likeness (QED) is 0.746. The van der Waals surface area contributed by atoms with E-state index in [2.05, 4.69) is 5.10 Å². The fourth-order valence-electron chi connectivity index (χ4n) is 1.39. The van der Waals surface area contributed by atoms with Gasteiger partial charge in [-0.3, -0.25) is 0 Å². The van der Waals surface area contributed by atoms with Crippen molar-refractivity contribution in [2.75, 3.05) is 0 Å². The molecular formula is C9H8F3N3O. The number of alkyl halides is 3. The first-order valence-corrected chi connectivity index (χ1v) is 4.60. The van der Waals surface area contributed by atoms with Gasteiger partial charge in [0, 0.05) is 12.7 Å². The number of hydrogen-bond donors (Lipinski definition) is 0. The molecule has 2 aromatic rings. The average molecular weight is 231 g/mol. The summed E-state index contributed by atoms with van der Waals surface area (Å²) in [6.45, 7) is 2.01. The maximum Gasteiger partial charge on any atom is 0.417 e. The summed E-state index contributed by atoms with van der Waals surface area (Å²) in [6, 6.07) is 2.08. The van der Waals surface area contributed by atoms with Crippen LogP contribution in [0.3, 0.4) is 0 Å². The molecule has 0 fully saturated rings. The van der Waals surface area contributed by atoms with Crippen LogP contribution in [0.5, 0.6) is 0 Å². The van der Waals surface area contributed by atoms with Gasteiger partial charge in [-0.15, -0.1) is 5.10 Å². The second kappa shape index (κ2) is 3.36. The number of pyridine rings is 1. The van der Waals surface area contributed by atoms with Crippen molar-refractivity contribution in [3.63, 3.8) is 0 Å². The maximum atomic E-state index is 12.4. The van der Waals surface area contributed by atoms with Crippen LogP contribution in [0.4, 0.5) is 13.2 Å². The fraction of sp³-hybridized carbons (Fsp3) is 0.333. The van der Waals surface area contributed by atoms with Crippen molar-refractivity contribution in [3.05, 3.63) is 34.4 Å². The van der Waals surface area contributed by atoms with Gasteiger partial charge in [0.05, 0.1) is 5.56 Å². The van der Waals surface area contributed by atoms with E-state index in [1.807, 2.05) is 0 Å². The molecule has 0 atom stereocenters. The van der Waals surface area contributed by atoms with Gasteiger partial charge in [0.1, 0.15) is 0 Å². The first-order chi connectivity index (χ1) is 7.43. The van der Waals surface area contributed by atoms with Crippen molar-refractivity contribution in [1.82, 2.24) is 14.2 Å². The molecule has 2 heterocycles.